The maximum absolute atomic E-state index is 12.1. The fourth-order valence-electron chi connectivity index (χ4n) is 1.47. The molecule has 0 bridgehead atoms. The highest BCUT2D eigenvalue weighted by Gasteiger charge is 2.17. The number of rotatable bonds is 4. The summed E-state index contributed by atoms with van der Waals surface area (Å²) < 4.78 is 26.6. The van der Waals surface area contributed by atoms with Gasteiger partial charge in [0.2, 0.25) is 0 Å². The molecule has 0 aliphatic carbocycles. The molecule has 0 radical (unpaired) electrons. The fourth-order valence-corrected chi connectivity index (χ4v) is 2.95. The van der Waals surface area contributed by atoms with Crippen molar-refractivity contribution in [2.75, 3.05) is 4.72 Å². The number of sulfonamides is 1. The van der Waals surface area contributed by atoms with Crippen molar-refractivity contribution in [2.45, 2.75) is 11.4 Å². The Morgan fingerprint density at radius 2 is 2.00 bits per heavy atom. The van der Waals surface area contributed by atoms with Crippen LogP contribution < -0.4 is 10.5 Å². The fraction of sp³-hybridized carbons (Fsp3) is 0.0909. The van der Waals surface area contributed by atoms with E-state index in [9.17, 15) is 8.42 Å². The predicted octanol–water partition coefficient (Wildman–Crippen LogP) is 2.58. The van der Waals surface area contributed by atoms with Gasteiger partial charge in [-0.15, -0.1) is 0 Å². The number of nitrogens with one attached hydrogen (secondary N) is 2. The topological polar surface area (TPSA) is 88.0 Å². The van der Waals surface area contributed by atoms with E-state index in [0.717, 1.165) is 0 Å². The number of aromatic nitrogens is 1. The van der Waals surface area contributed by atoms with Gasteiger partial charge in [-0.05, 0) is 24.3 Å². The largest absolute Gasteiger partial charge is 0.363 e. The molecule has 0 saturated carbocycles. The van der Waals surface area contributed by atoms with Gasteiger partial charge in [0, 0.05) is 23.5 Å². The number of H-pyrrole nitrogens is 1. The third kappa shape index (κ3) is 3.22. The molecule has 1 aromatic heterocycles. The van der Waals surface area contributed by atoms with E-state index < -0.39 is 10.0 Å². The van der Waals surface area contributed by atoms with E-state index in [4.69, 9.17) is 28.9 Å². The molecule has 0 saturated heterocycles. The van der Waals surface area contributed by atoms with Gasteiger partial charge in [-0.3, -0.25) is 4.72 Å². The molecule has 0 spiro atoms. The average Bonchev–Trinajstić information content (AvgIpc) is 2.83. The van der Waals surface area contributed by atoms with Crippen LogP contribution in [0.15, 0.2) is 35.4 Å². The van der Waals surface area contributed by atoms with Gasteiger partial charge in [0.1, 0.15) is 4.90 Å². The van der Waals surface area contributed by atoms with Crippen LogP contribution >= 0.6 is 23.2 Å². The number of benzene rings is 1. The number of nitrogens with two attached hydrogens (primary N) is 1. The lowest BCUT2D eigenvalue weighted by molar-refractivity contribution is 0.601. The zero-order valence-electron chi connectivity index (χ0n) is 9.65. The van der Waals surface area contributed by atoms with Crippen LogP contribution in [0.2, 0.25) is 10.0 Å². The second-order valence-electron chi connectivity index (χ2n) is 3.79. The first kappa shape index (κ1) is 14.2. The van der Waals surface area contributed by atoms with Crippen LogP contribution in [0, 0.1) is 0 Å². The Bertz CT molecular complexity index is 698. The molecule has 0 unspecified atom stereocenters. The second-order valence-corrected chi connectivity index (χ2v) is 6.32. The minimum Gasteiger partial charge on any atom is -0.363 e. The van der Waals surface area contributed by atoms with Gasteiger partial charge in [-0.25, -0.2) is 8.42 Å². The SMILES string of the molecule is NCc1cc(S(=O)(=O)Nc2cc(Cl)ccc2Cl)c[nH]1. The molecule has 0 fully saturated rings. The highest BCUT2D eigenvalue weighted by molar-refractivity contribution is 7.92. The molecule has 19 heavy (non-hydrogen) atoms. The van der Waals surface area contributed by atoms with Crippen LogP contribution in [0.4, 0.5) is 5.69 Å². The standard InChI is InChI=1S/C11H11Cl2N3O2S/c12-7-1-2-10(13)11(3-7)16-19(17,18)9-4-8(5-14)15-6-9/h1-4,6,15-16H,5,14H2. The Morgan fingerprint density at radius 1 is 1.26 bits per heavy atom. The molecule has 0 aliphatic heterocycles. The first-order valence-corrected chi connectivity index (χ1v) is 7.51. The minimum absolute atomic E-state index is 0.0870. The molecule has 5 nitrogen and oxygen atoms in total. The van der Waals surface area contributed by atoms with Crippen molar-refractivity contribution in [3.63, 3.8) is 0 Å². The first-order chi connectivity index (χ1) is 8.92. The molecule has 102 valence electrons. The van der Waals surface area contributed by atoms with Crippen LogP contribution in [0.1, 0.15) is 5.69 Å². The number of hydrogen-bond acceptors (Lipinski definition) is 3. The summed E-state index contributed by atoms with van der Waals surface area (Å²) in [6, 6.07) is 5.99. The molecule has 4 N–H and O–H groups in total. The van der Waals surface area contributed by atoms with Crippen LogP contribution in [-0.2, 0) is 16.6 Å². The summed E-state index contributed by atoms with van der Waals surface area (Å²) in [6.07, 6.45) is 1.36. The highest BCUT2D eigenvalue weighted by atomic mass is 35.5. The minimum atomic E-state index is -3.72. The van der Waals surface area contributed by atoms with E-state index in [1.54, 1.807) is 6.07 Å². The first-order valence-electron chi connectivity index (χ1n) is 5.27. The molecule has 0 atom stereocenters. The van der Waals surface area contributed by atoms with E-state index in [-0.39, 0.29) is 22.2 Å². The Labute approximate surface area is 120 Å². The number of anilines is 1. The van der Waals surface area contributed by atoms with E-state index in [2.05, 4.69) is 9.71 Å². The van der Waals surface area contributed by atoms with Gasteiger partial charge < -0.3 is 10.7 Å². The Hall–Kier alpha value is -1.21. The predicted molar refractivity (Wildman–Crippen MR) is 76.0 cm³/mol. The lowest BCUT2D eigenvalue weighted by atomic mass is 10.3. The van der Waals surface area contributed by atoms with E-state index in [1.807, 2.05) is 0 Å². The average molecular weight is 320 g/mol. The Balaban J connectivity index is 2.33. The molecule has 8 heteroatoms. The van der Waals surface area contributed by atoms with Gasteiger partial charge in [-0.2, -0.15) is 0 Å². The summed E-state index contributed by atoms with van der Waals surface area (Å²) in [7, 11) is -3.72. The van der Waals surface area contributed by atoms with Crippen LogP contribution in [-0.4, -0.2) is 13.4 Å². The second kappa shape index (κ2) is 5.42. The Kier molecular flexibility index (Phi) is 4.05. The summed E-state index contributed by atoms with van der Waals surface area (Å²) in [4.78, 5) is 2.86. The number of aromatic amines is 1. The highest BCUT2D eigenvalue weighted by Crippen LogP contribution is 2.27. The Morgan fingerprint density at radius 3 is 2.63 bits per heavy atom. The van der Waals surface area contributed by atoms with Gasteiger partial charge in [0.15, 0.2) is 0 Å². The molecule has 2 aromatic rings. The molecular weight excluding hydrogens is 309 g/mol. The van der Waals surface area contributed by atoms with Gasteiger partial charge in [0.25, 0.3) is 10.0 Å². The summed E-state index contributed by atoms with van der Waals surface area (Å²) >= 11 is 11.7. The van der Waals surface area contributed by atoms with Crippen molar-refractivity contribution in [3.05, 3.63) is 46.2 Å². The third-order valence-corrected chi connectivity index (χ3v) is 4.33. The van der Waals surface area contributed by atoms with E-state index in [0.29, 0.717) is 10.7 Å². The maximum Gasteiger partial charge on any atom is 0.263 e. The number of halogens is 2. The molecule has 1 heterocycles. The number of hydrogen-bond donors (Lipinski definition) is 3. The quantitative estimate of drug-likeness (QED) is 0.809. The van der Waals surface area contributed by atoms with Crippen molar-refractivity contribution in [1.82, 2.24) is 4.98 Å². The molecule has 0 aliphatic rings. The smallest absolute Gasteiger partial charge is 0.263 e. The van der Waals surface area contributed by atoms with Crippen molar-refractivity contribution in [1.29, 1.82) is 0 Å². The zero-order valence-corrected chi connectivity index (χ0v) is 12.0. The van der Waals surface area contributed by atoms with Crippen LogP contribution in [0.3, 0.4) is 0 Å². The van der Waals surface area contributed by atoms with Crippen LogP contribution in [0.5, 0.6) is 0 Å². The van der Waals surface area contributed by atoms with Gasteiger partial charge in [-0.1, -0.05) is 23.2 Å². The molecule has 1 aromatic carbocycles. The zero-order chi connectivity index (χ0) is 14.0. The van der Waals surface area contributed by atoms with E-state index in [1.165, 1.54) is 24.4 Å². The van der Waals surface area contributed by atoms with Gasteiger partial charge in [0.05, 0.1) is 10.7 Å². The normalized spacial score (nSPS) is 11.5. The summed E-state index contributed by atoms with van der Waals surface area (Å²) in [5.74, 6) is 0. The molecule has 2 rings (SSSR count). The molecule has 0 amide bonds. The van der Waals surface area contributed by atoms with Crippen molar-refractivity contribution < 1.29 is 8.42 Å². The summed E-state index contributed by atoms with van der Waals surface area (Å²) in [5, 5.41) is 0.654. The lowest BCUT2D eigenvalue weighted by Gasteiger charge is -2.08. The van der Waals surface area contributed by atoms with E-state index >= 15 is 0 Å². The molecular formula is C11H11Cl2N3O2S. The third-order valence-electron chi connectivity index (χ3n) is 2.42. The maximum atomic E-state index is 12.1. The van der Waals surface area contributed by atoms with Gasteiger partial charge >= 0.3 is 0 Å². The van der Waals surface area contributed by atoms with Crippen molar-refractivity contribution in [3.8, 4) is 0 Å². The summed E-state index contributed by atoms with van der Waals surface area (Å²) in [6.45, 7) is 0.230. The monoisotopic (exact) mass is 319 g/mol. The van der Waals surface area contributed by atoms with Crippen molar-refractivity contribution in [2.24, 2.45) is 5.73 Å². The summed E-state index contributed by atoms with van der Waals surface area (Å²) in [5.41, 5.74) is 6.27. The lowest BCUT2D eigenvalue weighted by Crippen LogP contribution is -2.12. The van der Waals surface area contributed by atoms with Crippen LogP contribution in [0.25, 0.3) is 0 Å². The van der Waals surface area contributed by atoms with Crippen molar-refractivity contribution >= 4 is 38.9 Å².